The van der Waals surface area contributed by atoms with E-state index < -0.39 is 10.0 Å². The van der Waals surface area contributed by atoms with E-state index in [9.17, 15) is 8.42 Å². The van der Waals surface area contributed by atoms with E-state index in [1.807, 2.05) is 32.3 Å². The molecular weight excluding hydrogens is 286 g/mol. The van der Waals surface area contributed by atoms with Crippen molar-refractivity contribution in [1.29, 1.82) is 0 Å². The summed E-state index contributed by atoms with van der Waals surface area (Å²) in [4.78, 5) is 0.355. The standard InChI is InChI=1S/C15H29N3O2S/c1-6-8-18-11-14(9-13(18)10-16-7-2)21(19,20)17-12-15(3,4)5/h9,11,16-17H,6-8,10,12H2,1-5H3. The molecule has 0 atom stereocenters. The molecule has 0 saturated heterocycles. The Morgan fingerprint density at radius 1 is 1.24 bits per heavy atom. The molecule has 0 fully saturated rings. The number of hydrogen-bond acceptors (Lipinski definition) is 3. The maximum Gasteiger partial charge on any atom is 0.242 e. The van der Waals surface area contributed by atoms with Crippen molar-refractivity contribution in [2.24, 2.45) is 5.41 Å². The molecule has 1 aromatic heterocycles. The minimum atomic E-state index is -3.44. The van der Waals surface area contributed by atoms with Crippen LogP contribution in [0.25, 0.3) is 0 Å². The van der Waals surface area contributed by atoms with Crippen LogP contribution in [0.15, 0.2) is 17.2 Å². The van der Waals surface area contributed by atoms with Crippen molar-refractivity contribution < 1.29 is 8.42 Å². The fourth-order valence-electron chi connectivity index (χ4n) is 1.92. The number of sulfonamides is 1. The van der Waals surface area contributed by atoms with E-state index >= 15 is 0 Å². The van der Waals surface area contributed by atoms with E-state index in [1.165, 1.54) is 0 Å². The summed E-state index contributed by atoms with van der Waals surface area (Å²) in [5, 5.41) is 3.25. The molecule has 0 aliphatic carbocycles. The Kier molecular flexibility index (Phi) is 6.43. The Hall–Kier alpha value is -0.850. The monoisotopic (exact) mass is 315 g/mol. The first-order valence-corrected chi connectivity index (χ1v) is 9.07. The summed E-state index contributed by atoms with van der Waals surface area (Å²) in [5.74, 6) is 0. The highest BCUT2D eigenvalue weighted by molar-refractivity contribution is 7.89. The summed E-state index contributed by atoms with van der Waals surface area (Å²) in [7, 11) is -3.44. The number of aryl methyl sites for hydroxylation is 1. The van der Waals surface area contributed by atoms with Crippen molar-refractivity contribution in [3.63, 3.8) is 0 Å². The lowest BCUT2D eigenvalue weighted by Crippen LogP contribution is -2.32. The summed E-state index contributed by atoms with van der Waals surface area (Å²) < 4.78 is 29.5. The second kappa shape index (κ2) is 7.42. The molecule has 2 N–H and O–H groups in total. The van der Waals surface area contributed by atoms with Gasteiger partial charge in [-0.25, -0.2) is 13.1 Å². The fraction of sp³-hybridized carbons (Fsp3) is 0.733. The van der Waals surface area contributed by atoms with Crippen LogP contribution in [0.1, 0.15) is 46.7 Å². The van der Waals surface area contributed by atoms with Gasteiger partial charge in [-0.3, -0.25) is 0 Å². The molecular formula is C15H29N3O2S. The number of nitrogens with one attached hydrogen (secondary N) is 2. The molecule has 6 heteroatoms. The summed E-state index contributed by atoms with van der Waals surface area (Å²) >= 11 is 0. The molecule has 0 unspecified atom stereocenters. The van der Waals surface area contributed by atoms with Gasteiger partial charge in [-0.15, -0.1) is 0 Å². The molecule has 1 heterocycles. The number of aromatic nitrogens is 1. The van der Waals surface area contributed by atoms with Gasteiger partial charge in [-0.2, -0.15) is 0 Å². The van der Waals surface area contributed by atoms with E-state index in [0.29, 0.717) is 18.0 Å². The Labute approximate surface area is 129 Å². The van der Waals surface area contributed by atoms with E-state index in [2.05, 4.69) is 17.0 Å². The Morgan fingerprint density at radius 3 is 2.43 bits per heavy atom. The Bertz CT molecular complexity index is 542. The summed E-state index contributed by atoms with van der Waals surface area (Å²) in [6.45, 7) is 13.0. The normalized spacial score (nSPS) is 12.8. The molecule has 21 heavy (non-hydrogen) atoms. The van der Waals surface area contributed by atoms with Crippen molar-refractivity contribution in [2.45, 2.75) is 59.0 Å². The van der Waals surface area contributed by atoms with Gasteiger partial charge in [0.05, 0.1) is 4.90 Å². The minimum absolute atomic E-state index is 0.0777. The van der Waals surface area contributed by atoms with Gasteiger partial charge in [-0.05, 0) is 24.4 Å². The molecule has 0 aromatic carbocycles. The minimum Gasteiger partial charge on any atom is -0.349 e. The average Bonchev–Trinajstić information content (AvgIpc) is 2.78. The van der Waals surface area contributed by atoms with Crippen molar-refractivity contribution >= 4 is 10.0 Å². The molecule has 0 aliphatic heterocycles. The van der Waals surface area contributed by atoms with Crippen molar-refractivity contribution in [1.82, 2.24) is 14.6 Å². The van der Waals surface area contributed by atoms with Gasteiger partial charge < -0.3 is 9.88 Å². The number of nitrogens with zero attached hydrogens (tertiary/aromatic N) is 1. The number of hydrogen-bond donors (Lipinski definition) is 2. The quantitative estimate of drug-likeness (QED) is 0.774. The molecule has 0 radical (unpaired) electrons. The molecule has 0 aliphatic rings. The highest BCUT2D eigenvalue weighted by Gasteiger charge is 2.21. The topological polar surface area (TPSA) is 63.1 Å². The van der Waals surface area contributed by atoms with Crippen LogP contribution in [0.5, 0.6) is 0 Å². The molecule has 5 nitrogen and oxygen atoms in total. The first kappa shape index (κ1) is 18.2. The van der Waals surface area contributed by atoms with Crippen LogP contribution in [-0.2, 0) is 23.1 Å². The van der Waals surface area contributed by atoms with Gasteiger partial charge >= 0.3 is 0 Å². The van der Waals surface area contributed by atoms with Gasteiger partial charge in [0.2, 0.25) is 10.0 Å². The zero-order chi connectivity index (χ0) is 16.1. The third-order valence-electron chi connectivity index (χ3n) is 3.08. The first-order chi connectivity index (χ1) is 9.69. The zero-order valence-electron chi connectivity index (χ0n) is 13.9. The molecule has 0 spiro atoms. The second-order valence-electron chi connectivity index (χ2n) is 6.53. The lowest BCUT2D eigenvalue weighted by atomic mass is 9.98. The van der Waals surface area contributed by atoms with Crippen molar-refractivity contribution in [2.75, 3.05) is 13.1 Å². The van der Waals surface area contributed by atoms with Crippen molar-refractivity contribution in [3.8, 4) is 0 Å². The van der Waals surface area contributed by atoms with Gasteiger partial charge in [0.25, 0.3) is 0 Å². The van der Waals surface area contributed by atoms with Crippen LogP contribution in [0, 0.1) is 5.41 Å². The van der Waals surface area contributed by atoms with Crippen LogP contribution in [0.4, 0.5) is 0 Å². The van der Waals surface area contributed by atoms with Gasteiger partial charge in [0, 0.05) is 31.5 Å². The van der Waals surface area contributed by atoms with E-state index in [1.54, 1.807) is 12.3 Å². The summed E-state index contributed by atoms with van der Waals surface area (Å²) in [6.07, 6.45) is 2.71. The van der Waals surface area contributed by atoms with E-state index in [4.69, 9.17) is 0 Å². The lowest BCUT2D eigenvalue weighted by molar-refractivity contribution is 0.407. The van der Waals surface area contributed by atoms with Crippen LogP contribution in [-0.4, -0.2) is 26.1 Å². The summed E-state index contributed by atoms with van der Waals surface area (Å²) in [6, 6.07) is 1.77. The third kappa shape index (κ3) is 5.80. The van der Waals surface area contributed by atoms with Crippen LogP contribution in [0.2, 0.25) is 0 Å². The maximum atomic E-state index is 12.4. The maximum absolute atomic E-state index is 12.4. The zero-order valence-corrected chi connectivity index (χ0v) is 14.7. The van der Waals surface area contributed by atoms with Gasteiger partial charge in [0.15, 0.2) is 0 Å². The van der Waals surface area contributed by atoms with Crippen LogP contribution in [0.3, 0.4) is 0 Å². The molecule has 0 amide bonds. The lowest BCUT2D eigenvalue weighted by Gasteiger charge is -2.18. The third-order valence-corrected chi connectivity index (χ3v) is 4.45. The SMILES string of the molecule is CCCn1cc(S(=O)(=O)NCC(C)(C)C)cc1CNCC. The van der Waals surface area contributed by atoms with Crippen LogP contribution >= 0.6 is 0 Å². The molecule has 0 bridgehead atoms. The highest BCUT2D eigenvalue weighted by atomic mass is 32.2. The molecule has 1 rings (SSSR count). The smallest absolute Gasteiger partial charge is 0.242 e. The van der Waals surface area contributed by atoms with Crippen molar-refractivity contribution in [3.05, 3.63) is 18.0 Å². The Morgan fingerprint density at radius 2 is 1.90 bits per heavy atom. The largest absolute Gasteiger partial charge is 0.349 e. The molecule has 1 aromatic rings. The number of rotatable bonds is 8. The first-order valence-electron chi connectivity index (χ1n) is 7.59. The summed E-state index contributed by atoms with van der Waals surface area (Å²) in [5.41, 5.74) is 0.931. The van der Waals surface area contributed by atoms with Crippen LogP contribution < -0.4 is 10.0 Å². The van der Waals surface area contributed by atoms with Gasteiger partial charge in [-0.1, -0.05) is 34.6 Å². The second-order valence-corrected chi connectivity index (χ2v) is 8.29. The average molecular weight is 315 g/mol. The predicted molar refractivity (Wildman–Crippen MR) is 86.7 cm³/mol. The fourth-order valence-corrected chi connectivity index (χ4v) is 3.26. The Balaban J connectivity index is 2.95. The highest BCUT2D eigenvalue weighted by Crippen LogP contribution is 2.17. The predicted octanol–water partition coefficient (Wildman–Crippen LogP) is 2.33. The van der Waals surface area contributed by atoms with Gasteiger partial charge in [0.1, 0.15) is 0 Å². The molecule has 122 valence electrons. The molecule has 0 saturated carbocycles. The van der Waals surface area contributed by atoms with E-state index in [0.717, 1.165) is 25.2 Å². The van der Waals surface area contributed by atoms with E-state index in [-0.39, 0.29) is 5.41 Å².